The number of carbonyl (C=O) groups is 2. The zero-order chi connectivity index (χ0) is 16.1. The molecule has 0 atom stereocenters. The molecule has 0 saturated carbocycles. The van der Waals surface area contributed by atoms with Gasteiger partial charge in [-0.2, -0.15) is 5.10 Å². The minimum absolute atomic E-state index is 0.188. The van der Waals surface area contributed by atoms with Gasteiger partial charge >= 0.3 is 5.97 Å². The molecule has 0 unspecified atom stereocenters. The average Bonchev–Trinajstić information content (AvgIpc) is 2.47. The van der Waals surface area contributed by atoms with Crippen LogP contribution in [0.2, 0.25) is 5.02 Å². The van der Waals surface area contributed by atoms with Gasteiger partial charge in [0.1, 0.15) is 0 Å². The molecule has 0 fully saturated rings. The van der Waals surface area contributed by atoms with E-state index in [4.69, 9.17) is 16.7 Å². The maximum Gasteiger partial charge on any atom is 0.335 e. The molecule has 0 heterocycles. The number of halogens is 1. The molecule has 5 nitrogen and oxygen atoms in total. The predicted octanol–water partition coefficient (Wildman–Crippen LogP) is 3.11. The van der Waals surface area contributed by atoms with E-state index in [1.54, 1.807) is 30.3 Å². The summed E-state index contributed by atoms with van der Waals surface area (Å²) in [6.45, 7) is 1.88. The van der Waals surface area contributed by atoms with Crippen LogP contribution in [-0.4, -0.2) is 23.2 Å². The van der Waals surface area contributed by atoms with Crippen molar-refractivity contribution in [2.75, 3.05) is 0 Å². The van der Waals surface area contributed by atoms with E-state index < -0.39 is 11.9 Å². The molecule has 2 N–H and O–H groups in total. The number of carbonyl (C=O) groups excluding carboxylic acids is 1. The second-order valence-electron chi connectivity index (χ2n) is 4.61. The fraction of sp³-hybridized carbons (Fsp3) is 0.0625. The minimum atomic E-state index is -0.995. The van der Waals surface area contributed by atoms with Crippen LogP contribution in [0.25, 0.3) is 0 Å². The van der Waals surface area contributed by atoms with E-state index in [2.05, 4.69) is 10.5 Å². The molecule has 0 aliphatic carbocycles. The van der Waals surface area contributed by atoms with Crippen LogP contribution in [0.4, 0.5) is 0 Å². The molecule has 22 heavy (non-hydrogen) atoms. The fourth-order valence-corrected chi connectivity index (χ4v) is 2.06. The summed E-state index contributed by atoms with van der Waals surface area (Å²) in [5.74, 6) is -1.41. The first kappa shape index (κ1) is 15.7. The summed E-state index contributed by atoms with van der Waals surface area (Å²) in [7, 11) is 0. The highest BCUT2D eigenvalue weighted by Crippen LogP contribution is 2.17. The van der Waals surface area contributed by atoms with Crippen LogP contribution < -0.4 is 5.43 Å². The molecule has 2 rings (SSSR count). The Kier molecular flexibility index (Phi) is 4.91. The van der Waals surface area contributed by atoms with Crippen molar-refractivity contribution in [3.63, 3.8) is 0 Å². The lowest BCUT2D eigenvalue weighted by atomic mass is 10.1. The Hall–Kier alpha value is -2.66. The first-order valence-corrected chi connectivity index (χ1v) is 6.78. The minimum Gasteiger partial charge on any atom is -0.478 e. The maximum atomic E-state index is 11.9. The van der Waals surface area contributed by atoms with E-state index in [0.717, 1.165) is 5.56 Å². The second kappa shape index (κ2) is 6.87. The highest BCUT2D eigenvalue weighted by molar-refractivity contribution is 6.33. The van der Waals surface area contributed by atoms with Crippen LogP contribution in [0, 0.1) is 6.92 Å². The Morgan fingerprint density at radius 3 is 2.45 bits per heavy atom. The van der Waals surface area contributed by atoms with E-state index >= 15 is 0 Å². The van der Waals surface area contributed by atoms with E-state index in [-0.39, 0.29) is 5.56 Å². The maximum absolute atomic E-state index is 11.9. The molecular formula is C16H13ClN2O3. The molecule has 1 amide bonds. The average molecular weight is 317 g/mol. The van der Waals surface area contributed by atoms with Gasteiger partial charge in [-0.15, -0.1) is 0 Å². The number of nitrogens with one attached hydrogen (secondary N) is 1. The number of carboxylic acids is 1. The number of benzene rings is 2. The van der Waals surface area contributed by atoms with Gasteiger partial charge in [-0.25, -0.2) is 10.2 Å². The van der Waals surface area contributed by atoms with Gasteiger partial charge in [-0.1, -0.05) is 29.8 Å². The third kappa shape index (κ3) is 3.93. The lowest BCUT2D eigenvalue weighted by Gasteiger charge is -2.03. The van der Waals surface area contributed by atoms with Crippen LogP contribution >= 0.6 is 11.6 Å². The van der Waals surface area contributed by atoms with E-state index in [9.17, 15) is 9.59 Å². The molecule has 2 aromatic carbocycles. The molecule has 0 radical (unpaired) electrons. The van der Waals surface area contributed by atoms with Gasteiger partial charge in [-0.3, -0.25) is 4.79 Å². The molecule has 0 aromatic heterocycles. The Labute approximate surface area is 132 Å². The smallest absolute Gasteiger partial charge is 0.335 e. The van der Waals surface area contributed by atoms with Crippen molar-refractivity contribution in [1.82, 2.24) is 5.43 Å². The lowest BCUT2D eigenvalue weighted by molar-refractivity contribution is 0.0696. The molecule has 0 aliphatic rings. The Morgan fingerprint density at radius 2 is 1.86 bits per heavy atom. The van der Waals surface area contributed by atoms with Gasteiger partial charge in [0, 0.05) is 0 Å². The first-order valence-electron chi connectivity index (χ1n) is 6.40. The van der Waals surface area contributed by atoms with Crippen LogP contribution in [-0.2, 0) is 0 Å². The highest BCUT2D eigenvalue weighted by Gasteiger charge is 2.09. The third-order valence-corrected chi connectivity index (χ3v) is 3.22. The zero-order valence-corrected chi connectivity index (χ0v) is 12.5. The largest absolute Gasteiger partial charge is 0.478 e. The molecule has 0 bridgehead atoms. The van der Waals surface area contributed by atoms with Crippen molar-refractivity contribution in [3.05, 3.63) is 69.7 Å². The second-order valence-corrected chi connectivity index (χ2v) is 5.02. The van der Waals surface area contributed by atoms with Gasteiger partial charge in [0.15, 0.2) is 0 Å². The van der Waals surface area contributed by atoms with Gasteiger partial charge in [-0.05, 0) is 42.3 Å². The number of aryl methyl sites for hydroxylation is 1. The predicted molar refractivity (Wildman–Crippen MR) is 84.7 cm³/mol. The van der Waals surface area contributed by atoms with Gasteiger partial charge in [0.05, 0.1) is 22.4 Å². The Balaban J connectivity index is 2.02. The zero-order valence-electron chi connectivity index (χ0n) is 11.7. The summed E-state index contributed by atoms with van der Waals surface area (Å²) in [6.07, 6.45) is 1.42. The standard InChI is InChI=1S/C16H13ClN2O3/c1-10-2-7-13(14(17)8-10)15(20)19-18-9-11-3-5-12(6-4-11)16(21)22/h2-9H,1H3,(H,19,20)(H,21,22). The van der Waals surface area contributed by atoms with Crippen molar-refractivity contribution in [2.24, 2.45) is 5.10 Å². The first-order chi connectivity index (χ1) is 10.5. The summed E-state index contributed by atoms with van der Waals surface area (Å²) >= 11 is 6.00. The Morgan fingerprint density at radius 1 is 1.18 bits per heavy atom. The summed E-state index contributed by atoms with van der Waals surface area (Å²) in [5, 5.41) is 13.0. The molecule has 2 aromatic rings. The summed E-state index contributed by atoms with van der Waals surface area (Å²) < 4.78 is 0. The number of carboxylic acid groups (broad SMARTS) is 1. The summed E-state index contributed by atoms with van der Waals surface area (Å²) in [6, 6.07) is 11.2. The lowest BCUT2D eigenvalue weighted by Crippen LogP contribution is -2.18. The molecular weight excluding hydrogens is 304 g/mol. The van der Waals surface area contributed by atoms with Crippen molar-refractivity contribution >= 4 is 29.7 Å². The number of rotatable bonds is 4. The molecule has 6 heteroatoms. The van der Waals surface area contributed by atoms with E-state index in [0.29, 0.717) is 16.1 Å². The Bertz CT molecular complexity index is 740. The van der Waals surface area contributed by atoms with Crippen LogP contribution in [0.5, 0.6) is 0 Å². The number of hydrogen-bond acceptors (Lipinski definition) is 3. The number of hydrogen-bond donors (Lipinski definition) is 2. The van der Waals surface area contributed by atoms with Crippen LogP contribution in [0.3, 0.4) is 0 Å². The SMILES string of the molecule is Cc1ccc(C(=O)NN=Cc2ccc(C(=O)O)cc2)c(Cl)c1. The summed E-state index contributed by atoms with van der Waals surface area (Å²) in [4.78, 5) is 22.6. The van der Waals surface area contributed by atoms with Gasteiger partial charge in [0.25, 0.3) is 5.91 Å². The number of amides is 1. The third-order valence-electron chi connectivity index (χ3n) is 2.91. The fourth-order valence-electron chi connectivity index (χ4n) is 1.74. The van der Waals surface area contributed by atoms with Gasteiger partial charge in [0.2, 0.25) is 0 Å². The number of aromatic carboxylic acids is 1. The molecule has 0 spiro atoms. The van der Waals surface area contributed by atoms with Crippen molar-refractivity contribution in [2.45, 2.75) is 6.92 Å². The normalized spacial score (nSPS) is 10.6. The van der Waals surface area contributed by atoms with E-state index in [1.807, 2.05) is 6.92 Å². The quantitative estimate of drug-likeness (QED) is 0.672. The molecule has 0 aliphatic heterocycles. The summed E-state index contributed by atoms with van der Waals surface area (Å²) in [5.41, 5.74) is 4.53. The van der Waals surface area contributed by atoms with Crippen molar-refractivity contribution in [1.29, 1.82) is 0 Å². The van der Waals surface area contributed by atoms with E-state index in [1.165, 1.54) is 18.3 Å². The molecule has 112 valence electrons. The molecule has 0 saturated heterocycles. The van der Waals surface area contributed by atoms with Crippen LogP contribution in [0.1, 0.15) is 31.8 Å². The number of nitrogens with zero attached hydrogens (tertiary/aromatic N) is 1. The van der Waals surface area contributed by atoms with Crippen LogP contribution in [0.15, 0.2) is 47.6 Å². The van der Waals surface area contributed by atoms with Gasteiger partial charge < -0.3 is 5.11 Å². The monoisotopic (exact) mass is 316 g/mol. The number of hydrazone groups is 1. The topological polar surface area (TPSA) is 78.8 Å². The highest BCUT2D eigenvalue weighted by atomic mass is 35.5. The van der Waals surface area contributed by atoms with Crippen molar-refractivity contribution in [3.8, 4) is 0 Å². The van der Waals surface area contributed by atoms with Crippen molar-refractivity contribution < 1.29 is 14.7 Å².